The molecule has 100 valence electrons. The van der Waals surface area contributed by atoms with Gasteiger partial charge in [-0.15, -0.1) is 0 Å². The lowest BCUT2D eigenvalue weighted by atomic mass is 10.1. The molecule has 0 atom stereocenters. The van der Waals surface area contributed by atoms with Crippen LogP contribution in [0.3, 0.4) is 0 Å². The molecule has 0 aliphatic carbocycles. The lowest BCUT2D eigenvalue weighted by Gasteiger charge is -2.14. The third-order valence-corrected chi connectivity index (χ3v) is 3.40. The van der Waals surface area contributed by atoms with Crippen LogP contribution >= 0.6 is 0 Å². The van der Waals surface area contributed by atoms with Crippen LogP contribution in [0.5, 0.6) is 0 Å². The first kappa shape index (κ1) is 12.5. The molecule has 2 aromatic rings. The maximum Gasteiger partial charge on any atom is 0.234 e. The largest absolute Gasteiger partial charge is 0.274 e. The van der Waals surface area contributed by atoms with Gasteiger partial charge in [-0.1, -0.05) is 12.1 Å². The summed E-state index contributed by atoms with van der Waals surface area (Å²) in [6.45, 7) is 0. The molecule has 0 radical (unpaired) electrons. The molecule has 2 amide bonds. The number of nitrogens with zero attached hydrogens (tertiary/aromatic N) is 2. The summed E-state index contributed by atoms with van der Waals surface area (Å²) in [5.74, 6) is -0.228. The van der Waals surface area contributed by atoms with E-state index in [0.29, 0.717) is 18.5 Å². The van der Waals surface area contributed by atoms with Gasteiger partial charge in [0, 0.05) is 25.2 Å². The van der Waals surface area contributed by atoms with Crippen molar-refractivity contribution in [1.82, 2.24) is 4.98 Å². The number of benzene rings is 1. The van der Waals surface area contributed by atoms with Crippen molar-refractivity contribution in [2.75, 3.05) is 4.90 Å². The van der Waals surface area contributed by atoms with Crippen molar-refractivity contribution in [3.63, 3.8) is 0 Å². The molecule has 0 spiro atoms. The highest BCUT2D eigenvalue weighted by molar-refractivity contribution is 6.19. The second-order valence-electron chi connectivity index (χ2n) is 4.82. The molecular weight excluding hydrogens is 252 g/mol. The Morgan fingerprint density at radius 2 is 1.40 bits per heavy atom. The molecule has 0 N–H and O–H groups in total. The normalized spacial score (nSPS) is 14.9. The predicted octanol–water partition coefficient (Wildman–Crippen LogP) is 2.33. The van der Waals surface area contributed by atoms with Crippen molar-refractivity contribution in [1.29, 1.82) is 0 Å². The topological polar surface area (TPSA) is 50.3 Å². The number of carbonyl (C=O) groups is 2. The Morgan fingerprint density at radius 3 is 2.00 bits per heavy atom. The van der Waals surface area contributed by atoms with E-state index in [9.17, 15) is 9.59 Å². The number of imide groups is 1. The Morgan fingerprint density at radius 1 is 0.850 bits per heavy atom. The first-order valence-electron chi connectivity index (χ1n) is 6.58. The van der Waals surface area contributed by atoms with Crippen LogP contribution in [0.25, 0.3) is 0 Å². The average Bonchev–Trinajstić information content (AvgIpc) is 2.81. The second kappa shape index (κ2) is 5.25. The molecule has 1 saturated heterocycles. The van der Waals surface area contributed by atoms with Gasteiger partial charge in [0.1, 0.15) is 0 Å². The molecule has 0 unspecified atom stereocenters. The molecule has 20 heavy (non-hydrogen) atoms. The Hall–Kier alpha value is -2.49. The SMILES string of the molecule is O=C1CCC(=O)N1c1ccc(Cc2ccncc2)cc1. The Balaban J connectivity index is 1.78. The Kier molecular flexibility index (Phi) is 3.29. The number of anilines is 1. The molecule has 3 rings (SSSR count). The zero-order chi connectivity index (χ0) is 13.9. The van der Waals surface area contributed by atoms with Crippen LogP contribution in [-0.4, -0.2) is 16.8 Å². The number of carbonyl (C=O) groups excluding carboxylic acids is 2. The van der Waals surface area contributed by atoms with E-state index in [2.05, 4.69) is 4.98 Å². The number of amides is 2. The minimum Gasteiger partial charge on any atom is -0.274 e. The summed E-state index contributed by atoms with van der Waals surface area (Å²) in [7, 11) is 0. The van der Waals surface area contributed by atoms with Crippen LogP contribution < -0.4 is 4.90 Å². The van der Waals surface area contributed by atoms with Crippen LogP contribution in [0.4, 0.5) is 5.69 Å². The number of hydrogen-bond donors (Lipinski definition) is 0. The predicted molar refractivity (Wildman–Crippen MR) is 75.2 cm³/mol. The zero-order valence-corrected chi connectivity index (χ0v) is 11.0. The van der Waals surface area contributed by atoms with Crippen LogP contribution in [0.15, 0.2) is 48.8 Å². The molecule has 2 heterocycles. The summed E-state index contributed by atoms with van der Waals surface area (Å²) in [5, 5.41) is 0. The zero-order valence-electron chi connectivity index (χ0n) is 11.0. The quantitative estimate of drug-likeness (QED) is 0.801. The summed E-state index contributed by atoms with van der Waals surface area (Å²) in [6.07, 6.45) is 4.98. The Bertz CT molecular complexity index is 619. The van der Waals surface area contributed by atoms with Crippen molar-refractivity contribution in [2.24, 2.45) is 0 Å². The van der Waals surface area contributed by atoms with E-state index in [0.717, 1.165) is 12.0 Å². The first-order chi connectivity index (χ1) is 9.74. The summed E-state index contributed by atoms with van der Waals surface area (Å²) < 4.78 is 0. The van der Waals surface area contributed by atoms with Crippen molar-refractivity contribution in [2.45, 2.75) is 19.3 Å². The summed E-state index contributed by atoms with van der Waals surface area (Å²) in [5.41, 5.74) is 2.98. The van der Waals surface area contributed by atoms with E-state index in [1.165, 1.54) is 10.5 Å². The smallest absolute Gasteiger partial charge is 0.234 e. The van der Waals surface area contributed by atoms with Crippen molar-refractivity contribution < 1.29 is 9.59 Å². The van der Waals surface area contributed by atoms with Gasteiger partial charge < -0.3 is 0 Å². The van der Waals surface area contributed by atoms with E-state index in [1.54, 1.807) is 12.4 Å². The van der Waals surface area contributed by atoms with Crippen LogP contribution in [0.1, 0.15) is 24.0 Å². The van der Waals surface area contributed by atoms with Crippen LogP contribution in [0, 0.1) is 0 Å². The van der Waals surface area contributed by atoms with Gasteiger partial charge >= 0.3 is 0 Å². The fourth-order valence-electron chi connectivity index (χ4n) is 2.36. The third kappa shape index (κ3) is 2.45. The number of hydrogen-bond acceptors (Lipinski definition) is 3. The van der Waals surface area contributed by atoms with Gasteiger partial charge in [0.15, 0.2) is 0 Å². The second-order valence-corrected chi connectivity index (χ2v) is 4.82. The molecule has 0 bridgehead atoms. The van der Waals surface area contributed by atoms with E-state index in [-0.39, 0.29) is 11.8 Å². The summed E-state index contributed by atoms with van der Waals surface area (Å²) >= 11 is 0. The van der Waals surface area contributed by atoms with E-state index in [4.69, 9.17) is 0 Å². The minimum absolute atomic E-state index is 0.114. The van der Waals surface area contributed by atoms with E-state index < -0.39 is 0 Å². The monoisotopic (exact) mass is 266 g/mol. The average molecular weight is 266 g/mol. The molecule has 4 nitrogen and oxygen atoms in total. The van der Waals surface area contributed by atoms with Crippen LogP contribution in [0.2, 0.25) is 0 Å². The molecule has 0 saturated carbocycles. The number of aromatic nitrogens is 1. The van der Waals surface area contributed by atoms with Gasteiger partial charge in [0.05, 0.1) is 5.69 Å². The molecular formula is C16H14N2O2. The lowest BCUT2D eigenvalue weighted by Crippen LogP contribution is -2.28. The highest BCUT2D eigenvalue weighted by Gasteiger charge is 2.29. The molecule has 4 heteroatoms. The molecule has 1 aromatic heterocycles. The van der Waals surface area contributed by atoms with E-state index in [1.807, 2.05) is 36.4 Å². The Labute approximate surface area is 117 Å². The van der Waals surface area contributed by atoms with Crippen molar-refractivity contribution in [3.8, 4) is 0 Å². The lowest BCUT2D eigenvalue weighted by molar-refractivity contribution is -0.121. The fraction of sp³-hybridized carbons (Fsp3) is 0.188. The van der Waals surface area contributed by atoms with Gasteiger partial charge in [0.2, 0.25) is 11.8 Å². The summed E-state index contributed by atoms with van der Waals surface area (Å²) in [4.78, 5) is 28.6. The standard InChI is InChI=1S/C16H14N2O2/c19-15-5-6-16(20)18(15)14-3-1-12(2-4-14)11-13-7-9-17-10-8-13/h1-4,7-10H,5-6,11H2. The van der Waals surface area contributed by atoms with Gasteiger partial charge in [-0.2, -0.15) is 0 Å². The number of rotatable bonds is 3. The highest BCUT2D eigenvalue weighted by atomic mass is 16.2. The number of pyridine rings is 1. The maximum atomic E-state index is 11.7. The van der Waals surface area contributed by atoms with E-state index >= 15 is 0 Å². The maximum absolute atomic E-state index is 11.7. The highest BCUT2D eigenvalue weighted by Crippen LogP contribution is 2.23. The van der Waals surface area contributed by atoms with Crippen molar-refractivity contribution >= 4 is 17.5 Å². The summed E-state index contributed by atoms with van der Waals surface area (Å²) in [6, 6.07) is 11.5. The van der Waals surface area contributed by atoms with Crippen molar-refractivity contribution in [3.05, 3.63) is 59.9 Å². The van der Waals surface area contributed by atoms with Gasteiger partial charge in [-0.05, 0) is 41.8 Å². The molecule has 1 aliphatic heterocycles. The van der Waals surface area contributed by atoms with Crippen LogP contribution in [-0.2, 0) is 16.0 Å². The third-order valence-electron chi connectivity index (χ3n) is 3.40. The molecule has 1 aromatic carbocycles. The van der Waals surface area contributed by atoms with Gasteiger partial charge in [-0.25, -0.2) is 0 Å². The molecule has 1 fully saturated rings. The fourth-order valence-corrected chi connectivity index (χ4v) is 2.36. The van der Waals surface area contributed by atoms with Gasteiger partial charge in [0.25, 0.3) is 0 Å². The molecule has 1 aliphatic rings. The minimum atomic E-state index is -0.114. The van der Waals surface area contributed by atoms with Gasteiger partial charge in [-0.3, -0.25) is 19.5 Å². The first-order valence-corrected chi connectivity index (χ1v) is 6.58.